The monoisotopic (exact) mass is 338 g/mol. The molecule has 0 aliphatic rings. The highest BCUT2D eigenvalue weighted by Gasteiger charge is 1.97. The lowest BCUT2D eigenvalue weighted by Crippen LogP contribution is -1.94. The molecule has 2 heteroatoms. The first-order valence-electron chi connectivity index (χ1n) is 2.93. The van der Waals surface area contributed by atoms with Gasteiger partial charge in [0, 0.05) is 0 Å². The second kappa shape index (κ2) is 6.58. The summed E-state index contributed by atoms with van der Waals surface area (Å²) in [4.78, 5) is 0. The van der Waals surface area contributed by atoms with Crippen LogP contribution in [0.4, 0.5) is 0 Å². The van der Waals surface area contributed by atoms with Gasteiger partial charge in [-0.2, -0.15) is 0 Å². The zero-order chi connectivity index (χ0) is 6.41. The molecule has 0 aromatic rings. The third-order valence-electron chi connectivity index (χ3n) is 1.20. The first-order valence-corrected chi connectivity index (χ1v) is 5.98. The molecule has 0 radical (unpaired) electrons. The molecule has 0 aliphatic carbocycles. The van der Waals surface area contributed by atoms with E-state index in [-0.39, 0.29) is 0 Å². The van der Waals surface area contributed by atoms with Gasteiger partial charge in [0.25, 0.3) is 0 Å². The molecule has 0 heterocycles. The van der Waals surface area contributed by atoms with Gasteiger partial charge in [0.05, 0.1) is 0 Å². The van der Waals surface area contributed by atoms with Gasteiger partial charge in [-0.15, -0.1) is 0 Å². The summed E-state index contributed by atoms with van der Waals surface area (Å²) < 4.78 is 2.63. The number of hydrogen-bond donors (Lipinski definition) is 0. The van der Waals surface area contributed by atoms with E-state index < -0.39 is 0 Å². The van der Waals surface area contributed by atoms with E-state index in [1.54, 1.807) is 0 Å². The Balaban J connectivity index is 2.92. The molecule has 0 fully saturated rings. The fourth-order valence-electron chi connectivity index (χ4n) is 0.517. The number of hydrogen-bond acceptors (Lipinski definition) is 0. The molecule has 0 aliphatic heterocycles. The van der Waals surface area contributed by atoms with Crippen LogP contribution in [0.25, 0.3) is 0 Å². The zero-order valence-electron chi connectivity index (χ0n) is 5.16. The van der Waals surface area contributed by atoms with Crippen molar-refractivity contribution in [2.75, 3.05) is 8.86 Å². The van der Waals surface area contributed by atoms with E-state index in [0.29, 0.717) is 0 Å². The number of halogens is 2. The fraction of sp³-hybridized carbons (Fsp3) is 1.00. The van der Waals surface area contributed by atoms with Gasteiger partial charge in [0.2, 0.25) is 0 Å². The van der Waals surface area contributed by atoms with Crippen molar-refractivity contribution in [2.45, 2.75) is 19.8 Å². The smallest absolute Gasteiger partial charge is 0.000219 e. The predicted molar refractivity (Wildman–Crippen MR) is 56.2 cm³/mol. The highest BCUT2D eigenvalue weighted by atomic mass is 127. The average molecular weight is 338 g/mol. The van der Waals surface area contributed by atoms with Crippen molar-refractivity contribution in [1.29, 1.82) is 0 Å². The van der Waals surface area contributed by atoms with Gasteiger partial charge in [-0.25, -0.2) is 0 Å². The second-order valence-electron chi connectivity index (χ2n) is 2.06. The Hall–Kier alpha value is 1.46. The van der Waals surface area contributed by atoms with E-state index in [9.17, 15) is 0 Å². The lowest BCUT2D eigenvalue weighted by atomic mass is 10.1. The molecule has 0 saturated heterocycles. The van der Waals surface area contributed by atoms with Gasteiger partial charge in [-0.05, 0) is 27.6 Å². The van der Waals surface area contributed by atoms with Crippen LogP contribution in [0.15, 0.2) is 0 Å². The maximum absolute atomic E-state index is 2.44. The highest BCUT2D eigenvalue weighted by Crippen LogP contribution is 2.10. The lowest BCUT2D eigenvalue weighted by Gasteiger charge is -2.04. The Labute approximate surface area is 79.1 Å². The van der Waals surface area contributed by atoms with E-state index in [1.165, 1.54) is 21.7 Å². The summed E-state index contributed by atoms with van der Waals surface area (Å²) in [6.45, 7) is 2.33. The molecular weight excluding hydrogens is 326 g/mol. The third-order valence-corrected chi connectivity index (χ3v) is 2.45. The van der Waals surface area contributed by atoms with Crippen LogP contribution >= 0.6 is 45.2 Å². The minimum absolute atomic E-state index is 0.948. The Bertz CT molecular complexity index is 39.8. The molecule has 50 valence electrons. The van der Waals surface area contributed by atoms with Crippen molar-refractivity contribution in [2.24, 2.45) is 5.92 Å². The van der Waals surface area contributed by atoms with Crippen LogP contribution in [0.2, 0.25) is 0 Å². The van der Waals surface area contributed by atoms with Crippen molar-refractivity contribution < 1.29 is 0 Å². The molecule has 0 aromatic heterocycles. The Morgan fingerprint density at radius 3 is 1.75 bits per heavy atom. The average Bonchev–Trinajstić information content (AvgIpc) is 1.68. The topological polar surface area (TPSA) is 0 Å². The van der Waals surface area contributed by atoms with Crippen molar-refractivity contribution >= 4 is 45.2 Å². The van der Waals surface area contributed by atoms with Crippen LogP contribution in [0.5, 0.6) is 0 Å². The molecule has 0 bridgehead atoms. The number of alkyl halides is 2. The first kappa shape index (κ1) is 9.46. The molecule has 0 N–H and O–H groups in total. The van der Waals surface area contributed by atoms with E-state index >= 15 is 0 Å². The molecule has 0 unspecified atom stereocenters. The normalized spacial score (nSPS) is 10.5. The molecule has 8 heavy (non-hydrogen) atoms. The van der Waals surface area contributed by atoms with E-state index in [1.807, 2.05) is 0 Å². The van der Waals surface area contributed by atoms with Crippen molar-refractivity contribution in [3.8, 4) is 0 Å². The van der Waals surface area contributed by atoms with Gasteiger partial charge in [-0.3, -0.25) is 0 Å². The first-order chi connectivity index (χ1) is 3.81. The van der Waals surface area contributed by atoms with E-state index in [0.717, 1.165) is 5.92 Å². The van der Waals surface area contributed by atoms with E-state index in [2.05, 4.69) is 52.1 Å². The van der Waals surface area contributed by atoms with Crippen LogP contribution in [0.1, 0.15) is 19.8 Å². The zero-order valence-corrected chi connectivity index (χ0v) is 9.48. The van der Waals surface area contributed by atoms with Crippen molar-refractivity contribution in [1.82, 2.24) is 0 Å². The van der Waals surface area contributed by atoms with Crippen LogP contribution < -0.4 is 0 Å². The highest BCUT2D eigenvalue weighted by molar-refractivity contribution is 14.1. The standard InChI is InChI=1S/C6H12I2/c1-6(2-4-7)3-5-8/h6H,2-5H2,1H3. The minimum Gasteiger partial charge on any atom is -0.0864 e. The molecule has 0 spiro atoms. The Morgan fingerprint density at radius 1 is 1.12 bits per heavy atom. The molecule has 0 nitrogen and oxygen atoms in total. The van der Waals surface area contributed by atoms with Gasteiger partial charge < -0.3 is 0 Å². The van der Waals surface area contributed by atoms with Crippen LogP contribution in [-0.4, -0.2) is 8.86 Å². The summed E-state index contributed by atoms with van der Waals surface area (Å²) in [5, 5.41) is 0. The Morgan fingerprint density at radius 2 is 1.50 bits per heavy atom. The lowest BCUT2D eigenvalue weighted by molar-refractivity contribution is 0.560. The fourth-order valence-corrected chi connectivity index (χ4v) is 2.64. The SMILES string of the molecule is CC(CCI)CCI. The summed E-state index contributed by atoms with van der Waals surface area (Å²) >= 11 is 4.88. The summed E-state index contributed by atoms with van der Waals surface area (Å²) in [5.74, 6) is 0.948. The van der Waals surface area contributed by atoms with Crippen LogP contribution in [0.3, 0.4) is 0 Å². The number of rotatable bonds is 4. The predicted octanol–water partition coefficient (Wildman–Crippen LogP) is 3.27. The summed E-state index contributed by atoms with van der Waals surface area (Å²) in [6.07, 6.45) is 2.78. The molecule has 0 saturated carbocycles. The second-order valence-corrected chi connectivity index (χ2v) is 4.22. The molecule has 0 atom stereocenters. The summed E-state index contributed by atoms with van der Waals surface area (Å²) in [5.41, 5.74) is 0. The molecule has 0 amide bonds. The third kappa shape index (κ3) is 5.59. The van der Waals surface area contributed by atoms with Gasteiger partial charge in [0.1, 0.15) is 0 Å². The quantitative estimate of drug-likeness (QED) is 0.545. The largest absolute Gasteiger partial charge is 0.0864 e. The maximum Gasteiger partial charge on any atom is -0.000219 e. The van der Waals surface area contributed by atoms with Crippen molar-refractivity contribution in [3.05, 3.63) is 0 Å². The summed E-state index contributed by atoms with van der Waals surface area (Å²) in [6, 6.07) is 0. The molecule has 0 rings (SSSR count). The minimum atomic E-state index is 0.948. The summed E-state index contributed by atoms with van der Waals surface area (Å²) in [7, 11) is 0. The Kier molecular flexibility index (Phi) is 7.78. The van der Waals surface area contributed by atoms with Gasteiger partial charge in [-0.1, -0.05) is 52.1 Å². The van der Waals surface area contributed by atoms with Gasteiger partial charge >= 0.3 is 0 Å². The van der Waals surface area contributed by atoms with Crippen LogP contribution in [-0.2, 0) is 0 Å². The van der Waals surface area contributed by atoms with E-state index in [4.69, 9.17) is 0 Å². The van der Waals surface area contributed by atoms with Crippen LogP contribution in [0, 0.1) is 5.92 Å². The molecular formula is C6H12I2. The van der Waals surface area contributed by atoms with Crippen molar-refractivity contribution in [3.63, 3.8) is 0 Å². The molecule has 0 aromatic carbocycles. The van der Waals surface area contributed by atoms with Gasteiger partial charge in [0.15, 0.2) is 0 Å². The maximum atomic E-state index is 2.44.